The number of anilines is 3. The molecule has 8 heteroatoms. The lowest BCUT2D eigenvalue weighted by atomic mass is 10.2. The Kier molecular flexibility index (Phi) is 5.55. The zero-order valence-corrected chi connectivity index (χ0v) is 14.7. The summed E-state index contributed by atoms with van der Waals surface area (Å²) in [5.74, 6) is 0.306. The Morgan fingerprint density at radius 2 is 1.88 bits per heavy atom. The summed E-state index contributed by atoms with van der Waals surface area (Å²) in [5.41, 5.74) is 1.11. The summed E-state index contributed by atoms with van der Waals surface area (Å²) in [5, 5.41) is 15.7. The van der Waals surface area contributed by atoms with Crippen molar-refractivity contribution in [3.63, 3.8) is 0 Å². The molecule has 0 fully saturated rings. The van der Waals surface area contributed by atoms with Gasteiger partial charge in [0, 0.05) is 10.6 Å². The van der Waals surface area contributed by atoms with Crippen LogP contribution < -0.4 is 10.6 Å². The number of carbonyl (C=O) groups is 2. The van der Waals surface area contributed by atoms with Crippen LogP contribution in [0, 0.1) is 0 Å². The number of esters is 1. The Morgan fingerprint density at radius 1 is 1.08 bits per heavy atom. The van der Waals surface area contributed by atoms with Gasteiger partial charge in [0.05, 0.1) is 19.1 Å². The molecular formula is C18H16N4O3S. The second-order valence-corrected chi connectivity index (χ2v) is 6.34. The highest BCUT2D eigenvalue weighted by molar-refractivity contribution is 7.10. The lowest BCUT2D eigenvalue weighted by Gasteiger charge is -2.07. The second kappa shape index (κ2) is 8.21. The maximum atomic E-state index is 12.0. The number of aromatic nitrogens is 2. The summed E-state index contributed by atoms with van der Waals surface area (Å²) >= 11 is 1.53. The molecule has 7 nitrogen and oxygen atoms in total. The third kappa shape index (κ3) is 4.64. The summed E-state index contributed by atoms with van der Waals surface area (Å²) in [7, 11) is 1.33. The molecule has 2 aromatic heterocycles. The molecule has 1 amide bonds. The van der Waals surface area contributed by atoms with Crippen LogP contribution in [0.3, 0.4) is 0 Å². The number of benzene rings is 1. The molecule has 3 aromatic rings. The Bertz CT molecular complexity index is 895. The first kappa shape index (κ1) is 17.6. The molecule has 0 bridgehead atoms. The van der Waals surface area contributed by atoms with Crippen molar-refractivity contribution in [2.45, 2.75) is 6.42 Å². The fourth-order valence-corrected chi connectivity index (χ4v) is 2.92. The second-order valence-electron chi connectivity index (χ2n) is 5.31. The standard InChI is InChI=1S/C18H16N4O3S/c1-25-18(24)12-4-2-5-13(10-12)19-15-7-8-16(22-21-15)20-17(23)11-14-6-3-9-26-14/h2-10H,11H2,1H3,(H,19,21)(H,20,22,23). The number of thiophene rings is 1. The van der Waals surface area contributed by atoms with E-state index in [-0.39, 0.29) is 5.91 Å². The summed E-state index contributed by atoms with van der Waals surface area (Å²) in [6, 6.07) is 14.0. The van der Waals surface area contributed by atoms with Crippen LogP contribution in [0.15, 0.2) is 53.9 Å². The molecule has 2 N–H and O–H groups in total. The molecule has 0 aliphatic rings. The fourth-order valence-electron chi connectivity index (χ4n) is 2.21. The smallest absolute Gasteiger partial charge is 0.337 e. The summed E-state index contributed by atoms with van der Waals surface area (Å²) in [6.45, 7) is 0. The molecule has 0 aliphatic heterocycles. The van der Waals surface area contributed by atoms with Gasteiger partial charge in [-0.3, -0.25) is 4.79 Å². The topological polar surface area (TPSA) is 93.2 Å². The highest BCUT2D eigenvalue weighted by atomic mass is 32.1. The van der Waals surface area contributed by atoms with Crippen molar-refractivity contribution in [3.05, 3.63) is 64.4 Å². The molecule has 0 spiro atoms. The molecule has 0 aliphatic carbocycles. The lowest BCUT2D eigenvalue weighted by molar-refractivity contribution is -0.115. The SMILES string of the molecule is COC(=O)c1cccc(Nc2ccc(NC(=O)Cc3cccs3)nn2)c1. The summed E-state index contributed by atoms with van der Waals surface area (Å²) < 4.78 is 4.70. The molecule has 0 radical (unpaired) electrons. The van der Waals surface area contributed by atoms with Gasteiger partial charge < -0.3 is 15.4 Å². The predicted octanol–water partition coefficient (Wildman–Crippen LogP) is 3.25. The first-order valence-electron chi connectivity index (χ1n) is 7.75. The number of rotatable bonds is 6. The minimum atomic E-state index is -0.413. The first-order chi connectivity index (χ1) is 12.6. The quantitative estimate of drug-likeness (QED) is 0.649. The number of methoxy groups -OCH3 is 1. The Labute approximate surface area is 154 Å². The van der Waals surface area contributed by atoms with Gasteiger partial charge in [0.15, 0.2) is 11.6 Å². The van der Waals surface area contributed by atoms with Crippen LogP contribution in [0.2, 0.25) is 0 Å². The van der Waals surface area contributed by atoms with Crippen molar-refractivity contribution < 1.29 is 14.3 Å². The van der Waals surface area contributed by atoms with Gasteiger partial charge in [0.1, 0.15) is 0 Å². The molecule has 0 saturated carbocycles. The van der Waals surface area contributed by atoms with Crippen LogP contribution in [-0.2, 0) is 16.0 Å². The number of amides is 1. The van der Waals surface area contributed by atoms with Crippen molar-refractivity contribution >= 4 is 40.5 Å². The number of nitrogens with zero attached hydrogens (tertiary/aromatic N) is 2. The summed E-state index contributed by atoms with van der Waals surface area (Å²) in [4.78, 5) is 24.5. The molecular weight excluding hydrogens is 352 g/mol. The van der Waals surface area contributed by atoms with Crippen LogP contribution >= 0.6 is 11.3 Å². The van der Waals surface area contributed by atoms with Crippen LogP contribution in [0.1, 0.15) is 15.2 Å². The van der Waals surface area contributed by atoms with E-state index < -0.39 is 5.97 Å². The number of hydrogen-bond acceptors (Lipinski definition) is 7. The molecule has 2 heterocycles. The van der Waals surface area contributed by atoms with Gasteiger partial charge in [-0.25, -0.2) is 4.79 Å². The van der Waals surface area contributed by atoms with Gasteiger partial charge in [-0.15, -0.1) is 21.5 Å². The minimum absolute atomic E-state index is 0.145. The molecule has 0 saturated heterocycles. The molecule has 132 valence electrons. The minimum Gasteiger partial charge on any atom is -0.465 e. The fraction of sp³-hybridized carbons (Fsp3) is 0.111. The molecule has 1 aromatic carbocycles. The lowest BCUT2D eigenvalue weighted by Crippen LogP contribution is -2.15. The van der Waals surface area contributed by atoms with E-state index in [1.807, 2.05) is 17.5 Å². The van der Waals surface area contributed by atoms with Crippen molar-refractivity contribution in [3.8, 4) is 0 Å². The summed E-state index contributed by atoms with van der Waals surface area (Å²) in [6.07, 6.45) is 0.305. The van der Waals surface area contributed by atoms with Gasteiger partial charge in [-0.1, -0.05) is 12.1 Å². The van der Waals surface area contributed by atoms with Crippen LogP contribution in [-0.4, -0.2) is 29.2 Å². The van der Waals surface area contributed by atoms with Gasteiger partial charge >= 0.3 is 5.97 Å². The van der Waals surface area contributed by atoms with Crippen molar-refractivity contribution in [1.82, 2.24) is 10.2 Å². The van der Waals surface area contributed by atoms with Gasteiger partial charge in [-0.2, -0.15) is 0 Å². The van der Waals surface area contributed by atoms with E-state index in [4.69, 9.17) is 4.74 Å². The van der Waals surface area contributed by atoms with E-state index in [2.05, 4.69) is 20.8 Å². The highest BCUT2D eigenvalue weighted by Crippen LogP contribution is 2.17. The normalized spacial score (nSPS) is 10.2. The van der Waals surface area contributed by atoms with E-state index in [9.17, 15) is 9.59 Å². The average molecular weight is 368 g/mol. The van der Waals surface area contributed by atoms with E-state index >= 15 is 0 Å². The third-order valence-corrected chi connectivity index (χ3v) is 4.28. The van der Waals surface area contributed by atoms with Gasteiger partial charge in [0.25, 0.3) is 0 Å². The zero-order valence-electron chi connectivity index (χ0n) is 13.9. The number of carbonyl (C=O) groups excluding carboxylic acids is 2. The Morgan fingerprint density at radius 3 is 2.58 bits per heavy atom. The Hall–Kier alpha value is -3.26. The van der Waals surface area contributed by atoms with E-state index in [1.165, 1.54) is 18.4 Å². The molecule has 0 atom stereocenters. The van der Waals surface area contributed by atoms with Gasteiger partial charge in [-0.05, 0) is 41.8 Å². The van der Waals surface area contributed by atoms with E-state index in [1.54, 1.807) is 36.4 Å². The molecule has 26 heavy (non-hydrogen) atoms. The van der Waals surface area contributed by atoms with Gasteiger partial charge in [0.2, 0.25) is 5.91 Å². The van der Waals surface area contributed by atoms with Crippen molar-refractivity contribution in [2.75, 3.05) is 17.7 Å². The highest BCUT2D eigenvalue weighted by Gasteiger charge is 2.08. The number of hydrogen-bond donors (Lipinski definition) is 2. The van der Waals surface area contributed by atoms with E-state index in [0.717, 1.165) is 4.88 Å². The predicted molar refractivity (Wildman–Crippen MR) is 99.7 cm³/mol. The van der Waals surface area contributed by atoms with Crippen LogP contribution in [0.4, 0.5) is 17.3 Å². The monoisotopic (exact) mass is 368 g/mol. The third-order valence-electron chi connectivity index (χ3n) is 3.40. The zero-order chi connectivity index (χ0) is 18.4. The maximum Gasteiger partial charge on any atom is 0.337 e. The number of ether oxygens (including phenoxy) is 1. The number of nitrogens with one attached hydrogen (secondary N) is 2. The molecule has 0 unspecified atom stereocenters. The van der Waals surface area contributed by atoms with Crippen molar-refractivity contribution in [2.24, 2.45) is 0 Å². The maximum absolute atomic E-state index is 12.0. The van der Waals surface area contributed by atoms with Crippen LogP contribution in [0.5, 0.6) is 0 Å². The largest absolute Gasteiger partial charge is 0.465 e. The average Bonchev–Trinajstić information content (AvgIpc) is 3.16. The first-order valence-corrected chi connectivity index (χ1v) is 8.63. The van der Waals surface area contributed by atoms with Crippen molar-refractivity contribution in [1.29, 1.82) is 0 Å². The Balaban J connectivity index is 1.61. The van der Waals surface area contributed by atoms with Crippen LogP contribution in [0.25, 0.3) is 0 Å². The van der Waals surface area contributed by atoms with E-state index in [0.29, 0.717) is 29.3 Å². The molecule has 3 rings (SSSR count).